The second kappa shape index (κ2) is 11.9. The topological polar surface area (TPSA) is 53.7 Å². The van der Waals surface area contributed by atoms with Crippen molar-refractivity contribution in [2.24, 2.45) is 5.92 Å². The van der Waals surface area contributed by atoms with Gasteiger partial charge in [-0.1, -0.05) is 48.8 Å². The van der Waals surface area contributed by atoms with E-state index in [4.69, 9.17) is 4.42 Å². The number of furan rings is 1. The number of carboxylic acid groups (broad SMARTS) is 1. The van der Waals surface area contributed by atoms with Crippen molar-refractivity contribution < 1.29 is 40.7 Å². The van der Waals surface area contributed by atoms with Gasteiger partial charge in [-0.3, -0.25) is 9.69 Å². The summed E-state index contributed by atoms with van der Waals surface area (Å²) in [5, 5.41) is 9.37. The highest BCUT2D eigenvalue weighted by molar-refractivity contribution is 5.67. The zero-order valence-corrected chi connectivity index (χ0v) is 22.0. The van der Waals surface area contributed by atoms with Gasteiger partial charge in [-0.15, -0.1) is 0 Å². The van der Waals surface area contributed by atoms with Crippen LogP contribution in [0.2, 0.25) is 0 Å². The minimum absolute atomic E-state index is 0.0121. The molecule has 4 rings (SSSR count). The lowest BCUT2D eigenvalue weighted by Gasteiger charge is -2.42. The van der Waals surface area contributed by atoms with E-state index in [1.807, 2.05) is 4.90 Å². The van der Waals surface area contributed by atoms with Gasteiger partial charge in [0.25, 0.3) is 0 Å². The first-order valence-corrected chi connectivity index (χ1v) is 12.8. The van der Waals surface area contributed by atoms with Gasteiger partial charge in [0.15, 0.2) is 0 Å². The van der Waals surface area contributed by atoms with Crippen LogP contribution in [-0.4, -0.2) is 22.5 Å². The highest BCUT2D eigenvalue weighted by Gasteiger charge is 2.38. The average Bonchev–Trinajstić information content (AvgIpc) is 3.38. The summed E-state index contributed by atoms with van der Waals surface area (Å²) in [5.41, 5.74) is -0.760. The van der Waals surface area contributed by atoms with E-state index in [2.05, 4.69) is 18.4 Å². The van der Waals surface area contributed by atoms with Crippen molar-refractivity contribution in [3.63, 3.8) is 0 Å². The smallest absolute Gasteiger partial charge is 0.417 e. The first-order valence-electron chi connectivity index (χ1n) is 12.8. The van der Waals surface area contributed by atoms with E-state index >= 15 is 0 Å². The number of likely N-dealkylation sites (tertiary alicyclic amines) is 1. The van der Waals surface area contributed by atoms with Gasteiger partial charge in [0, 0.05) is 24.6 Å². The Balaban J connectivity index is 1.77. The number of benzene rings is 2. The van der Waals surface area contributed by atoms with Gasteiger partial charge < -0.3 is 9.52 Å². The summed E-state index contributed by atoms with van der Waals surface area (Å²) in [6.07, 6.45) is -8.44. The van der Waals surface area contributed by atoms with Crippen LogP contribution in [0.5, 0.6) is 0 Å². The van der Waals surface area contributed by atoms with E-state index in [0.29, 0.717) is 30.5 Å². The molecule has 41 heavy (non-hydrogen) atoms. The lowest BCUT2D eigenvalue weighted by molar-refractivity contribution is -0.139. The maximum absolute atomic E-state index is 13.7. The average molecular weight is 576 g/mol. The number of rotatable bonds is 6. The Morgan fingerprint density at radius 1 is 1.05 bits per heavy atom. The second-order valence-electron chi connectivity index (χ2n) is 10.1. The normalized spacial score (nSPS) is 18.8. The Morgan fingerprint density at radius 3 is 2.34 bits per heavy atom. The summed E-state index contributed by atoms with van der Waals surface area (Å²) in [7, 11) is 0. The first kappa shape index (κ1) is 30.0. The van der Waals surface area contributed by atoms with Crippen molar-refractivity contribution >= 4 is 5.97 Å². The zero-order chi connectivity index (χ0) is 29.9. The molecule has 1 fully saturated rings. The number of carboxylic acids is 1. The van der Waals surface area contributed by atoms with Gasteiger partial charge in [0.1, 0.15) is 17.6 Å². The summed E-state index contributed by atoms with van der Waals surface area (Å²) in [6.45, 7) is 5.80. The molecule has 10 heteroatoms. The number of aliphatic carboxylic acids is 1. The van der Waals surface area contributed by atoms with Crippen LogP contribution in [-0.2, 0) is 17.1 Å². The molecule has 1 aliphatic heterocycles. The summed E-state index contributed by atoms with van der Waals surface area (Å²) in [4.78, 5) is 13.3. The van der Waals surface area contributed by atoms with Gasteiger partial charge in [-0.2, -0.15) is 26.3 Å². The van der Waals surface area contributed by atoms with Gasteiger partial charge in [-0.25, -0.2) is 0 Å². The van der Waals surface area contributed by atoms with Gasteiger partial charge in [0.05, 0.1) is 11.1 Å². The molecule has 0 aliphatic carbocycles. The lowest BCUT2D eigenvalue weighted by Crippen LogP contribution is -2.39. The quantitative estimate of drug-likeness (QED) is 0.237. The molecule has 4 nitrogen and oxygen atoms in total. The van der Waals surface area contributed by atoms with E-state index in [-0.39, 0.29) is 29.4 Å². The largest absolute Gasteiger partial charge is 0.481 e. The van der Waals surface area contributed by atoms with Crippen molar-refractivity contribution in [3.8, 4) is 23.2 Å². The van der Waals surface area contributed by atoms with E-state index in [1.54, 1.807) is 6.92 Å². The number of alkyl halides is 6. The van der Waals surface area contributed by atoms with Gasteiger partial charge >= 0.3 is 18.3 Å². The zero-order valence-electron chi connectivity index (χ0n) is 22.0. The molecule has 0 amide bonds. The van der Waals surface area contributed by atoms with Crippen LogP contribution in [0.25, 0.3) is 11.3 Å². The molecule has 1 aromatic heterocycles. The van der Waals surface area contributed by atoms with Crippen LogP contribution in [0.15, 0.2) is 77.2 Å². The van der Waals surface area contributed by atoms with Crippen LogP contribution in [0.4, 0.5) is 26.3 Å². The Kier molecular flexibility index (Phi) is 8.69. The molecule has 3 atom stereocenters. The fourth-order valence-corrected chi connectivity index (χ4v) is 5.12. The molecule has 3 aromatic rings. The molecule has 0 saturated carbocycles. The number of halogens is 6. The molecule has 1 aliphatic rings. The Bertz CT molecular complexity index is 1460. The van der Waals surface area contributed by atoms with Crippen LogP contribution in [0, 0.1) is 17.8 Å². The number of nitrogens with zero attached hydrogens (tertiary/aromatic N) is 1. The number of carbonyl (C=O) groups is 1. The number of hydrogen-bond donors (Lipinski definition) is 1. The maximum atomic E-state index is 13.7. The van der Waals surface area contributed by atoms with Crippen LogP contribution in [0.1, 0.15) is 60.7 Å². The van der Waals surface area contributed by atoms with Crippen molar-refractivity contribution in [2.45, 2.75) is 50.6 Å². The van der Waals surface area contributed by atoms with Gasteiger partial charge in [-0.05, 0) is 67.2 Å². The van der Waals surface area contributed by atoms with Crippen molar-refractivity contribution in [3.05, 3.63) is 95.3 Å². The van der Waals surface area contributed by atoms with Crippen LogP contribution < -0.4 is 0 Å². The highest BCUT2D eigenvalue weighted by Crippen LogP contribution is 2.43. The van der Waals surface area contributed by atoms with Crippen molar-refractivity contribution in [1.29, 1.82) is 0 Å². The number of piperidine rings is 1. The molecule has 0 bridgehead atoms. The predicted molar refractivity (Wildman–Crippen MR) is 140 cm³/mol. The fraction of sp³-hybridized carbons (Fsp3) is 0.323. The molecule has 1 N–H and O–H groups in total. The van der Waals surface area contributed by atoms with Crippen LogP contribution in [0.3, 0.4) is 0 Å². The maximum Gasteiger partial charge on any atom is 0.417 e. The molecule has 2 aromatic carbocycles. The summed E-state index contributed by atoms with van der Waals surface area (Å²) >= 11 is 0. The number of hydrogen-bond acceptors (Lipinski definition) is 3. The molecular formula is C31H27F6NO3. The van der Waals surface area contributed by atoms with Crippen molar-refractivity contribution in [2.75, 3.05) is 6.54 Å². The summed E-state index contributed by atoms with van der Waals surface area (Å²) in [5.74, 6) is 4.99. The fourth-order valence-electron chi connectivity index (χ4n) is 5.12. The molecule has 0 spiro atoms. The number of allylic oxidation sites excluding steroid dienone is 1. The van der Waals surface area contributed by atoms with E-state index in [0.717, 1.165) is 18.2 Å². The predicted octanol–water partition coefficient (Wildman–Crippen LogP) is 8.53. The molecule has 1 saturated heterocycles. The molecule has 0 radical (unpaired) electrons. The standard InChI is InChI=1S/C31H27F6NO3/c1-19(2)7-12-25(28-14-13-27(41-28)23-5-3-4-6-24(23)31(35,36)37)38-16-15-20(18-29(39)40)17-26(38)21-8-10-22(11-9-21)30(32,33)34/h3-6,8-11,13-14,20,25-26H,1,15-18H2,2H3,(H,39,40)/t20-,25-,26+/m1/s1. The Morgan fingerprint density at radius 2 is 1.73 bits per heavy atom. The molecule has 2 heterocycles. The third-order valence-corrected chi connectivity index (χ3v) is 6.99. The van der Waals surface area contributed by atoms with Crippen molar-refractivity contribution in [1.82, 2.24) is 4.90 Å². The summed E-state index contributed by atoms with van der Waals surface area (Å²) in [6, 6.07) is 11.3. The molecule has 216 valence electrons. The minimum atomic E-state index is -4.61. The summed E-state index contributed by atoms with van der Waals surface area (Å²) < 4.78 is 86.7. The van der Waals surface area contributed by atoms with E-state index < -0.39 is 41.5 Å². The third-order valence-electron chi connectivity index (χ3n) is 6.99. The lowest BCUT2D eigenvalue weighted by atomic mass is 9.84. The Labute approximate surface area is 233 Å². The van der Waals surface area contributed by atoms with Gasteiger partial charge in [0.2, 0.25) is 0 Å². The molecular weight excluding hydrogens is 548 g/mol. The third kappa shape index (κ3) is 7.22. The molecule has 0 unspecified atom stereocenters. The van der Waals surface area contributed by atoms with E-state index in [9.17, 15) is 36.2 Å². The minimum Gasteiger partial charge on any atom is -0.481 e. The second-order valence-corrected chi connectivity index (χ2v) is 10.1. The SMILES string of the molecule is C=C(C)C#C[C@H](c1ccc(-c2ccccc2C(F)(F)F)o1)N1CC[C@@H](CC(=O)O)C[C@H]1c1ccc(C(F)(F)F)cc1. The first-order chi connectivity index (χ1) is 19.2. The Hall–Kier alpha value is -3.97. The van der Waals surface area contributed by atoms with Crippen LogP contribution >= 0.6 is 0 Å². The highest BCUT2D eigenvalue weighted by atomic mass is 19.4. The van der Waals surface area contributed by atoms with E-state index in [1.165, 1.54) is 42.5 Å². The monoisotopic (exact) mass is 575 g/mol.